The largest absolute Gasteiger partial charge is 0.420 e. The zero-order valence-corrected chi connectivity index (χ0v) is 10.8. The summed E-state index contributed by atoms with van der Waals surface area (Å²) in [5.41, 5.74) is 0.316. The molecule has 0 spiro atoms. The molecule has 1 aliphatic rings. The van der Waals surface area contributed by atoms with Gasteiger partial charge in [-0.1, -0.05) is 12.1 Å². The van der Waals surface area contributed by atoms with E-state index in [4.69, 9.17) is 4.42 Å². The van der Waals surface area contributed by atoms with Crippen molar-refractivity contribution >= 4 is 6.41 Å². The number of aromatic nitrogens is 2. The average molecular weight is 275 g/mol. The van der Waals surface area contributed by atoms with Crippen LogP contribution in [0.2, 0.25) is 0 Å². The number of rotatable bonds is 3. The van der Waals surface area contributed by atoms with Gasteiger partial charge >= 0.3 is 0 Å². The van der Waals surface area contributed by atoms with Gasteiger partial charge in [-0.15, -0.1) is 10.2 Å². The standard InChI is InChI=1S/C14H14FN3O2/c15-12-4-2-1-3-11(12)14-17-16-13(20-14)10-5-7-18(9-19)8-6-10/h1-4,9-10H,5-8H2. The molecule has 0 aliphatic carbocycles. The Morgan fingerprint density at radius 2 is 2.00 bits per heavy atom. The van der Waals surface area contributed by atoms with E-state index in [0.29, 0.717) is 24.5 Å². The van der Waals surface area contributed by atoms with Gasteiger partial charge in [0.1, 0.15) is 5.82 Å². The third-order valence-corrected chi connectivity index (χ3v) is 3.57. The second-order valence-corrected chi connectivity index (χ2v) is 4.84. The number of hydrogen-bond acceptors (Lipinski definition) is 4. The van der Waals surface area contributed by atoms with E-state index in [-0.39, 0.29) is 17.6 Å². The maximum Gasteiger partial charge on any atom is 0.250 e. The fraction of sp³-hybridized carbons (Fsp3) is 0.357. The molecule has 0 saturated carbocycles. The summed E-state index contributed by atoms with van der Waals surface area (Å²) >= 11 is 0. The van der Waals surface area contributed by atoms with Gasteiger partial charge in [0.2, 0.25) is 12.3 Å². The number of hydrogen-bond donors (Lipinski definition) is 0. The van der Waals surface area contributed by atoms with Gasteiger partial charge in [-0.3, -0.25) is 4.79 Å². The first-order valence-electron chi connectivity index (χ1n) is 6.55. The lowest BCUT2D eigenvalue weighted by Gasteiger charge is -2.26. The third-order valence-electron chi connectivity index (χ3n) is 3.57. The van der Waals surface area contributed by atoms with Crippen molar-refractivity contribution in [3.63, 3.8) is 0 Å². The molecule has 5 nitrogen and oxygen atoms in total. The number of likely N-dealkylation sites (tertiary alicyclic amines) is 1. The minimum atomic E-state index is -0.376. The van der Waals surface area contributed by atoms with Gasteiger partial charge in [0.15, 0.2) is 0 Å². The van der Waals surface area contributed by atoms with Gasteiger partial charge in [-0.25, -0.2) is 4.39 Å². The first-order chi connectivity index (χ1) is 9.78. The molecule has 3 rings (SSSR count). The Morgan fingerprint density at radius 3 is 2.70 bits per heavy atom. The molecule has 1 fully saturated rings. The zero-order chi connectivity index (χ0) is 13.9. The van der Waals surface area contributed by atoms with E-state index in [9.17, 15) is 9.18 Å². The number of nitrogens with zero attached hydrogens (tertiary/aromatic N) is 3. The highest BCUT2D eigenvalue weighted by atomic mass is 19.1. The van der Waals surface area contributed by atoms with E-state index in [1.165, 1.54) is 6.07 Å². The molecule has 0 unspecified atom stereocenters. The molecule has 6 heteroatoms. The molecule has 0 radical (unpaired) electrons. The van der Waals surface area contributed by atoms with Crippen LogP contribution in [0.15, 0.2) is 28.7 Å². The number of carbonyl (C=O) groups excluding carboxylic acids is 1. The van der Waals surface area contributed by atoms with Crippen molar-refractivity contribution in [2.24, 2.45) is 0 Å². The Kier molecular flexibility index (Phi) is 3.45. The molecule has 0 bridgehead atoms. The SMILES string of the molecule is O=CN1CCC(c2nnc(-c3ccccc3F)o2)CC1. The van der Waals surface area contributed by atoms with Gasteiger partial charge < -0.3 is 9.32 Å². The van der Waals surface area contributed by atoms with Crippen LogP contribution in [-0.2, 0) is 4.79 Å². The molecule has 1 aromatic heterocycles. The topological polar surface area (TPSA) is 59.2 Å². The molecule has 104 valence electrons. The lowest BCUT2D eigenvalue weighted by Crippen LogP contribution is -2.31. The van der Waals surface area contributed by atoms with Crippen molar-refractivity contribution in [1.29, 1.82) is 0 Å². The Balaban J connectivity index is 1.78. The number of halogens is 1. The summed E-state index contributed by atoms with van der Waals surface area (Å²) in [5, 5.41) is 7.94. The lowest BCUT2D eigenvalue weighted by atomic mass is 9.97. The van der Waals surface area contributed by atoms with Gasteiger partial charge in [-0.05, 0) is 25.0 Å². The van der Waals surface area contributed by atoms with E-state index in [1.807, 2.05) is 0 Å². The van der Waals surface area contributed by atoms with Crippen LogP contribution in [0, 0.1) is 5.82 Å². The van der Waals surface area contributed by atoms with Crippen molar-refractivity contribution < 1.29 is 13.6 Å². The maximum absolute atomic E-state index is 13.7. The highest BCUT2D eigenvalue weighted by Crippen LogP contribution is 2.29. The van der Waals surface area contributed by atoms with E-state index in [2.05, 4.69) is 10.2 Å². The summed E-state index contributed by atoms with van der Waals surface area (Å²) in [5.74, 6) is 0.488. The van der Waals surface area contributed by atoms with Gasteiger partial charge in [-0.2, -0.15) is 0 Å². The zero-order valence-electron chi connectivity index (χ0n) is 10.8. The molecule has 20 heavy (non-hydrogen) atoms. The quantitative estimate of drug-likeness (QED) is 0.806. The Hall–Kier alpha value is -2.24. The molecular weight excluding hydrogens is 261 g/mol. The van der Waals surface area contributed by atoms with E-state index in [0.717, 1.165) is 19.3 Å². The first-order valence-corrected chi connectivity index (χ1v) is 6.55. The molecule has 2 heterocycles. The van der Waals surface area contributed by atoms with E-state index in [1.54, 1.807) is 23.1 Å². The highest BCUT2D eigenvalue weighted by Gasteiger charge is 2.25. The summed E-state index contributed by atoms with van der Waals surface area (Å²) < 4.78 is 19.2. The predicted molar refractivity (Wildman–Crippen MR) is 69.3 cm³/mol. The number of carbonyl (C=O) groups is 1. The van der Waals surface area contributed by atoms with E-state index >= 15 is 0 Å². The molecule has 1 saturated heterocycles. The molecular formula is C14H14FN3O2. The van der Waals surface area contributed by atoms with Crippen LogP contribution in [0.3, 0.4) is 0 Å². The number of benzene rings is 1. The van der Waals surface area contributed by atoms with Crippen LogP contribution in [0.4, 0.5) is 4.39 Å². The summed E-state index contributed by atoms with van der Waals surface area (Å²) in [7, 11) is 0. The summed E-state index contributed by atoms with van der Waals surface area (Å²) in [6, 6.07) is 6.32. The monoisotopic (exact) mass is 275 g/mol. The number of amides is 1. The first kappa shape index (κ1) is 12.8. The summed E-state index contributed by atoms with van der Waals surface area (Å²) in [6.45, 7) is 1.37. The van der Waals surface area contributed by atoms with Gasteiger partial charge in [0.05, 0.1) is 5.56 Å². The predicted octanol–water partition coefficient (Wildman–Crippen LogP) is 2.21. The van der Waals surface area contributed by atoms with Crippen molar-refractivity contribution in [2.45, 2.75) is 18.8 Å². The number of piperidine rings is 1. The lowest BCUT2D eigenvalue weighted by molar-refractivity contribution is -0.119. The van der Waals surface area contributed by atoms with Crippen molar-refractivity contribution in [2.75, 3.05) is 13.1 Å². The van der Waals surface area contributed by atoms with Gasteiger partial charge in [0.25, 0.3) is 5.89 Å². The smallest absolute Gasteiger partial charge is 0.250 e. The maximum atomic E-state index is 13.7. The molecule has 1 aliphatic heterocycles. The Morgan fingerprint density at radius 1 is 1.25 bits per heavy atom. The van der Waals surface area contributed by atoms with E-state index < -0.39 is 0 Å². The summed E-state index contributed by atoms with van der Waals surface area (Å²) in [6.07, 6.45) is 2.43. The Labute approximate surface area is 115 Å². The minimum Gasteiger partial charge on any atom is -0.420 e. The van der Waals surface area contributed by atoms with Crippen LogP contribution in [0.5, 0.6) is 0 Å². The Bertz CT molecular complexity index is 606. The van der Waals surface area contributed by atoms with Crippen LogP contribution in [-0.4, -0.2) is 34.6 Å². The molecule has 1 amide bonds. The second-order valence-electron chi connectivity index (χ2n) is 4.84. The van der Waals surface area contributed by atoms with Crippen molar-refractivity contribution in [1.82, 2.24) is 15.1 Å². The van der Waals surface area contributed by atoms with Crippen molar-refractivity contribution in [3.8, 4) is 11.5 Å². The molecule has 1 aromatic carbocycles. The van der Waals surface area contributed by atoms with Crippen LogP contribution >= 0.6 is 0 Å². The minimum absolute atomic E-state index is 0.138. The fourth-order valence-electron chi connectivity index (χ4n) is 2.39. The highest BCUT2D eigenvalue weighted by molar-refractivity contribution is 5.53. The second kappa shape index (κ2) is 5.40. The third kappa shape index (κ3) is 2.41. The molecule has 0 N–H and O–H groups in total. The fourth-order valence-corrected chi connectivity index (χ4v) is 2.39. The van der Waals surface area contributed by atoms with Crippen LogP contribution < -0.4 is 0 Å². The van der Waals surface area contributed by atoms with Crippen LogP contribution in [0.25, 0.3) is 11.5 Å². The summed E-state index contributed by atoms with van der Waals surface area (Å²) in [4.78, 5) is 12.4. The van der Waals surface area contributed by atoms with Crippen molar-refractivity contribution in [3.05, 3.63) is 36.0 Å². The normalized spacial score (nSPS) is 16.4. The average Bonchev–Trinajstić information content (AvgIpc) is 2.97. The van der Waals surface area contributed by atoms with Crippen LogP contribution in [0.1, 0.15) is 24.7 Å². The molecule has 0 atom stereocenters. The van der Waals surface area contributed by atoms with Gasteiger partial charge in [0, 0.05) is 19.0 Å². The molecule has 2 aromatic rings.